The molecule has 0 radical (unpaired) electrons. The highest BCUT2D eigenvalue weighted by molar-refractivity contribution is 5.14. The zero-order valence-corrected chi connectivity index (χ0v) is 4.09. The lowest BCUT2D eigenvalue weighted by atomic mass is 10.2. The van der Waals surface area contributed by atoms with Crippen molar-refractivity contribution in [3.8, 4) is 0 Å². The van der Waals surface area contributed by atoms with E-state index in [0.717, 1.165) is 12.8 Å². The van der Waals surface area contributed by atoms with E-state index in [0.29, 0.717) is 5.76 Å². The molecule has 0 saturated heterocycles. The van der Waals surface area contributed by atoms with Crippen LogP contribution in [-0.2, 0) is 0 Å². The predicted molar refractivity (Wildman–Crippen MR) is 29.1 cm³/mol. The van der Waals surface area contributed by atoms with Crippen molar-refractivity contribution in [3.05, 3.63) is 24.0 Å². The molecule has 1 aliphatic rings. The van der Waals surface area contributed by atoms with Gasteiger partial charge in [-0.25, -0.2) is 0 Å². The quantitative estimate of drug-likeness (QED) is 0.487. The maximum atomic E-state index is 8.68. The molecule has 0 fully saturated rings. The van der Waals surface area contributed by atoms with E-state index in [1.807, 2.05) is 12.2 Å². The lowest BCUT2D eigenvalue weighted by molar-refractivity contribution is 0.427. The first-order valence-electron chi connectivity index (χ1n) is 2.45. The second-order valence-electron chi connectivity index (χ2n) is 1.61. The van der Waals surface area contributed by atoms with Crippen LogP contribution in [0.2, 0.25) is 0 Å². The van der Waals surface area contributed by atoms with Gasteiger partial charge in [-0.2, -0.15) is 0 Å². The third-order valence-corrected chi connectivity index (χ3v) is 0.975. The minimum Gasteiger partial charge on any atom is -0.508 e. The van der Waals surface area contributed by atoms with Gasteiger partial charge in [0.15, 0.2) is 0 Å². The molecule has 1 aliphatic carbocycles. The van der Waals surface area contributed by atoms with Crippen molar-refractivity contribution in [1.29, 1.82) is 0 Å². The molecule has 0 amide bonds. The summed E-state index contributed by atoms with van der Waals surface area (Å²) in [6.45, 7) is 0. The Balaban J connectivity index is 2.58. The second kappa shape index (κ2) is 1.82. The fourth-order valence-electron chi connectivity index (χ4n) is 0.600. The maximum absolute atomic E-state index is 8.68. The first-order valence-corrected chi connectivity index (χ1v) is 2.45. The third kappa shape index (κ3) is 1.07. The SMILES string of the molecule is OC1=CCCC=C1. The molecule has 0 aliphatic heterocycles. The number of rotatable bonds is 0. The van der Waals surface area contributed by atoms with Gasteiger partial charge in [-0.15, -0.1) is 0 Å². The van der Waals surface area contributed by atoms with Crippen molar-refractivity contribution < 1.29 is 5.11 Å². The van der Waals surface area contributed by atoms with Gasteiger partial charge in [-0.3, -0.25) is 0 Å². The van der Waals surface area contributed by atoms with Crippen molar-refractivity contribution >= 4 is 0 Å². The second-order valence-corrected chi connectivity index (χ2v) is 1.61. The molecule has 0 aromatic heterocycles. The first-order chi connectivity index (χ1) is 3.39. The molecule has 0 saturated carbocycles. The van der Waals surface area contributed by atoms with Gasteiger partial charge in [-0.05, 0) is 25.0 Å². The highest BCUT2D eigenvalue weighted by Gasteiger charge is 1.88. The van der Waals surface area contributed by atoms with E-state index in [4.69, 9.17) is 5.11 Å². The molecule has 1 nitrogen and oxygen atoms in total. The number of hydrogen-bond acceptors (Lipinski definition) is 1. The van der Waals surface area contributed by atoms with Gasteiger partial charge in [0.2, 0.25) is 0 Å². The Morgan fingerprint density at radius 2 is 2.29 bits per heavy atom. The summed E-state index contributed by atoms with van der Waals surface area (Å²) in [7, 11) is 0. The molecule has 38 valence electrons. The van der Waals surface area contributed by atoms with Gasteiger partial charge in [0, 0.05) is 0 Å². The minimum absolute atomic E-state index is 0.409. The molecule has 0 atom stereocenters. The van der Waals surface area contributed by atoms with Crippen LogP contribution in [0.1, 0.15) is 12.8 Å². The molecule has 7 heavy (non-hydrogen) atoms. The fraction of sp³-hybridized carbons (Fsp3) is 0.333. The zero-order valence-electron chi connectivity index (χ0n) is 4.09. The monoisotopic (exact) mass is 96.1 g/mol. The minimum atomic E-state index is 0.409. The lowest BCUT2D eigenvalue weighted by Crippen LogP contribution is -1.79. The Bertz CT molecular complexity index is 111. The summed E-state index contributed by atoms with van der Waals surface area (Å²) < 4.78 is 0. The van der Waals surface area contributed by atoms with E-state index in [-0.39, 0.29) is 0 Å². The number of aliphatic hydroxyl groups excluding tert-OH is 1. The predicted octanol–water partition coefficient (Wildman–Crippen LogP) is 1.78. The molecule has 1 rings (SSSR count). The average molecular weight is 96.1 g/mol. The summed E-state index contributed by atoms with van der Waals surface area (Å²) in [5, 5.41) is 8.68. The lowest BCUT2D eigenvalue weighted by Gasteiger charge is -1.95. The molecule has 1 heteroatoms. The van der Waals surface area contributed by atoms with Crippen molar-refractivity contribution in [2.45, 2.75) is 12.8 Å². The smallest absolute Gasteiger partial charge is 0.111 e. The summed E-state index contributed by atoms with van der Waals surface area (Å²) in [5.74, 6) is 0.409. The molecular weight excluding hydrogens is 88.1 g/mol. The van der Waals surface area contributed by atoms with E-state index < -0.39 is 0 Å². The maximum Gasteiger partial charge on any atom is 0.111 e. The Kier molecular flexibility index (Phi) is 1.16. The Morgan fingerprint density at radius 3 is 2.57 bits per heavy atom. The molecule has 0 bridgehead atoms. The first kappa shape index (κ1) is 4.44. The topological polar surface area (TPSA) is 20.2 Å². The summed E-state index contributed by atoms with van der Waals surface area (Å²) in [4.78, 5) is 0. The molecule has 1 N–H and O–H groups in total. The molecule has 0 aromatic rings. The Labute approximate surface area is 43.0 Å². The molecule has 0 spiro atoms. The number of aliphatic hydroxyl groups is 1. The summed E-state index contributed by atoms with van der Waals surface area (Å²) in [6.07, 6.45) is 7.57. The van der Waals surface area contributed by atoms with Crippen molar-refractivity contribution in [1.82, 2.24) is 0 Å². The van der Waals surface area contributed by atoms with Gasteiger partial charge in [0.25, 0.3) is 0 Å². The standard InChI is InChI=1S/C6H8O/c7-6-4-2-1-3-5-6/h2,4-5,7H,1,3H2. The van der Waals surface area contributed by atoms with Crippen LogP contribution >= 0.6 is 0 Å². The summed E-state index contributed by atoms with van der Waals surface area (Å²) >= 11 is 0. The van der Waals surface area contributed by atoms with Gasteiger partial charge >= 0.3 is 0 Å². The Hall–Kier alpha value is -0.720. The van der Waals surface area contributed by atoms with Gasteiger partial charge < -0.3 is 5.11 Å². The normalized spacial score (nSPS) is 19.1. The molecule has 0 unspecified atom stereocenters. The van der Waals surface area contributed by atoms with Gasteiger partial charge in [0.05, 0.1) is 0 Å². The number of hydrogen-bond donors (Lipinski definition) is 1. The van der Waals surface area contributed by atoms with Crippen LogP contribution in [0.15, 0.2) is 24.0 Å². The average Bonchev–Trinajstić information content (AvgIpc) is 1.69. The van der Waals surface area contributed by atoms with Crippen LogP contribution in [0.4, 0.5) is 0 Å². The van der Waals surface area contributed by atoms with E-state index in [9.17, 15) is 0 Å². The van der Waals surface area contributed by atoms with Crippen LogP contribution in [0.3, 0.4) is 0 Å². The summed E-state index contributed by atoms with van der Waals surface area (Å²) in [6, 6.07) is 0. The van der Waals surface area contributed by atoms with Crippen molar-refractivity contribution in [3.63, 3.8) is 0 Å². The number of allylic oxidation sites excluding steroid dienone is 3. The van der Waals surface area contributed by atoms with Crippen LogP contribution in [0.25, 0.3) is 0 Å². The molecular formula is C6H8O. The van der Waals surface area contributed by atoms with E-state index >= 15 is 0 Å². The zero-order chi connectivity index (χ0) is 5.11. The Morgan fingerprint density at radius 1 is 1.43 bits per heavy atom. The summed E-state index contributed by atoms with van der Waals surface area (Å²) in [5.41, 5.74) is 0. The van der Waals surface area contributed by atoms with Gasteiger partial charge in [-0.1, -0.05) is 6.08 Å². The highest BCUT2D eigenvalue weighted by Crippen LogP contribution is 2.04. The van der Waals surface area contributed by atoms with Crippen molar-refractivity contribution in [2.24, 2.45) is 0 Å². The van der Waals surface area contributed by atoms with E-state index in [2.05, 4.69) is 0 Å². The van der Waals surface area contributed by atoms with E-state index in [1.165, 1.54) is 0 Å². The van der Waals surface area contributed by atoms with Gasteiger partial charge in [0.1, 0.15) is 5.76 Å². The van der Waals surface area contributed by atoms with E-state index in [1.54, 1.807) is 6.08 Å². The van der Waals surface area contributed by atoms with Crippen LogP contribution < -0.4 is 0 Å². The molecule has 0 aromatic carbocycles. The van der Waals surface area contributed by atoms with Crippen LogP contribution in [0.5, 0.6) is 0 Å². The molecule has 0 heterocycles. The van der Waals surface area contributed by atoms with Crippen LogP contribution in [-0.4, -0.2) is 5.11 Å². The fourth-order valence-corrected chi connectivity index (χ4v) is 0.600. The third-order valence-electron chi connectivity index (χ3n) is 0.975. The van der Waals surface area contributed by atoms with Crippen molar-refractivity contribution in [2.75, 3.05) is 0 Å². The van der Waals surface area contributed by atoms with Crippen LogP contribution in [0, 0.1) is 0 Å². The highest BCUT2D eigenvalue weighted by atomic mass is 16.3. The largest absolute Gasteiger partial charge is 0.508 e.